The van der Waals surface area contributed by atoms with Gasteiger partial charge in [-0.1, -0.05) is 0 Å². The first-order chi connectivity index (χ1) is 17.2. The van der Waals surface area contributed by atoms with Crippen molar-refractivity contribution >= 4 is 17.3 Å². The summed E-state index contributed by atoms with van der Waals surface area (Å²) in [7, 11) is 0. The highest BCUT2D eigenvalue weighted by molar-refractivity contribution is 7.08. The van der Waals surface area contributed by atoms with Gasteiger partial charge in [0.2, 0.25) is 0 Å². The van der Waals surface area contributed by atoms with Gasteiger partial charge in [0.25, 0.3) is 0 Å². The van der Waals surface area contributed by atoms with Crippen molar-refractivity contribution in [2.24, 2.45) is 0 Å². The lowest BCUT2D eigenvalue weighted by Gasteiger charge is -2.42. The molecule has 39 heavy (non-hydrogen) atoms. The van der Waals surface area contributed by atoms with Gasteiger partial charge in [0.1, 0.15) is 19.6 Å². The number of esters is 1. The predicted octanol–water partition coefficient (Wildman–Crippen LogP) is 6.83. The highest BCUT2D eigenvalue weighted by Gasteiger charge is 2.95. The van der Waals surface area contributed by atoms with Crippen LogP contribution in [0.5, 0.6) is 11.5 Å². The second-order valence-electron chi connectivity index (χ2n) is 7.66. The molecule has 0 aliphatic carbocycles. The molecule has 0 N–H and O–H groups in total. The monoisotopic (exact) mass is 632 g/mol. The van der Waals surface area contributed by atoms with Crippen molar-refractivity contribution in [1.82, 2.24) is 0 Å². The fraction of sp³-hybridized carbons (Fsp3) is 0.706. The lowest BCUT2D eigenvalue weighted by molar-refractivity contribution is -0.461. The van der Waals surface area contributed by atoms with E-state index < -0.39 is 79.3 Å². The number of carbonyl (C=O) groups excluding carboxylic acids is 1. The van der Waals surface area contributed by atoms with Crippen LogP contribution < -0.4 is 9.47 Å². The first-order valence-electron chi connectivity index (χ1n) is 9.41. The van der Waals surface area contributed by atoms with Crippen molar-refractivity contribution in [1.29, 1.82) is 0 Å². The maximum Gasteiger partial charge on any atom is 0.460 e. The Balaban J connectivity index is 2.26. The Morgan fingerprint density at radius 2 is 1.15 bits per heavy atom. The molecular formula is C17H9F17O4S. The van der Waals surface area contributed by atoms with Crippen LogP contribution in [0.25, 0.3) is 0 Å². The number of rotatable bonds is 10. The van der Waals surface area contributed by atoms with Crippen LogP contribution in [-0.4, -0.2) is 72.9 Å². The Bertz CT molecular complexity index is 1050. The molecule has 22 heteroatoms. The molecule has 2 heterocycles. The number of fused-ring (bicyclic) bond motifs is 1. The van der Waals surface area contributed by atoms with Crippen LogP contribution in [0.3, 0.4) is 0 Å². The summed E-state index contributed by atoms with van der Waals surface area (Å²) >= 11 is 1.03. The summed E-state index contributed by atoms with van der Waals surface area (Å²) in [6.45, 7) is -1.58. The van der Waals surface area contributed by atoms with Crippen molar-refractivity contribution in [3.8, 4) is 11.5 Å². The molecule has 0 saturated heterocycles. The quantitative estimate of drug-likeness (QED) is 0.210. The van der Waals surface area contributed by atoms with Gasteiger partial charge in [-0.3, -0.25) is 4.79 Å². The fourth-order valence-electron chi connectivity index (χ4n) is 2.67. The molecule has 0 fully saturated rings. The lowest BCUT2D eigenvalue weighted by Crippen LogP contribution is -2.74. The van der Waals surface area contributed by atoms with Crippen molar-refractivity contribution in [3.05, 3.63) is 10.8 Å². The molecule has 1 atom stereocenters. The van der Waals surface area contributed by atoms with E-state index in [1.807, 2.05) is 0 Å². The third kappa shape index (κ3) is 5.00. The van der Waals surface area contributed by atoms with E-state index in [-0.39, 0.29) is 11.5 Å². The zero-order chi connectivity index (χ0) is 30.7. The predicted molar refractivity (Wildman–Crippen MR) is 90.5 cm³/mol. The smallest absolute Gasteiger partial charge is 0.460 e. The van der Waals surface area contributed by atoms with Crippen molar-refractivity contribution in [3.63, 3.8) is 0 Å². The van der Waals surface area contributed by atoms with Crippen LogP contribution in [0.2, 0.25) is 0 Å². The number of hydrogen-bond acceptors (Lipinski definition) is 5. The third-order valence-electron chi connectivity index (χ3n) is 4.90. The van der Waals surface area contributed by atoms with Gasteiger partial charge in [-0.2, -0.15) is 74.6 Å². The van der Waals surface area contributed by atoms with Crippen LogP contribution in [0.1, 0.15) is 6.42 Å². The Kier molecular flexibility index (Phi) is 8.07. The molecule has 1 aliphatic rings. The van der Waals surface area contributed by atoms with E-state index in [4.69, 9.17) is 9.47 Å². The molecule has 1 unspecified atom stereocenters. The Morgan fingerprint density at radius 1 is 0.718 bits per heavy atom. The lowest BCUT2D eigenvalue weighted by atomic mass is 9.88. The average molecular weight is 632 g/mol. The van der Waals surface area contributed by atoms with Gasteiger partial charge < -0.3 is 14.2 Å². The summed E-state index contributed by atoms with van der Waals surface area (Å²) in [6, 6.07) is 0. The standard InChI is InChI=1S/C17H9F17O4S/c18-10(19,1-9(35)37-3-6-2-36-7-4-39-5-8(7)38-6)11(20,21)12(22,23)13(24,25)14(26,27)15(28,29)16(30,31)17(32,33)34/h4-6H,1-3H2. The number of halogens is 17. The van der Waals surface area contributed by atoms with Crippen LogP contribution in [-0.2, 0) is 9.53 Å². The molecule has 1 aromatic heterocycles. The summed E-state index contributed by atoms with van der Waals surface area (Å²) in [6.07, 6.45) is -12.5. The Morgan fingerprint density at radius 3 is 1.64 bits per heavy atom. The fourth-order valence-corrected chi connectivity index (χ4v) is 3.34. The summed E-state index contributed by atoms with van der Waals surface area (Å²) in [5.74, 6) is -60.0. The number of carbonyl (C=O) groups is 1. The molecule has 226 valence electrons. The van der Waals surface area contributed by atoms with E-state index >= 15 is 0 Å². The summed E-state index contributed by atoms with van der Waals surface area (Å²) in [4.78, 5) is 11.5. The van der Waals surface area contributed by atoms with E-state index in [1.165, 1.54) is 10.8 Å². The van der Waals surface area contributed by atoms with Crippen LogP contribution >= 0.6 is 11.3 Å². The van der Waals surface area contributed by atoms with Gasteiger partial charge in [0.15, 0.2) is 17.6 Å². The maximum absolute atomic E-state index is 13.8. The zero-order valence-corrected chi connectivity index (χ0v) is 18.6. The normalized spacial score (nSPS) is 18.2. The SMILES string of the molecule is O=C(CC(F)(F)C(F)(F)C(F)(F)C(F)(F)C(F)(F)C(F)(F)C(F)(F)C(F)(F)F)OCC1COc2cscc2O1. The van der Waals surface area contributed by atoms with Gasteiger partial charge in [0.05, 0.1) is 0 Å². The topological polar surface area (TPSA) is 44.8 Å². The molecule has 1 aromatic rings. The highest BCUT2D eigenvalue weighted by Crippen LogP contribution is 2.64. The second kappa shape index (κ2) is 9.60. The van der Waals surface area contributed by atoms with Crippen molar-refractivity contribution in [2.45, 2.75) is 60.2 Å². The summed E-state index contributed by atoms with van der Waals surface area (Å²) in [5.41, 5.74) is 0. The van der Waals surface area contributed by atoms with E-state index in [2.05, 4.69) is 4.74 Å². The van der Waals surface area contributed by atoms with E-state index in [0.29, 0.717) is 0 Å². The second-order valence-corrected chi connectivity index (χ2v) is 8.40. The first-order valence-corrected chi connectivity index (χ1v) is 10.4. The van der Waals surface area contributed by atoms with Gasteiger partial charge in [-0.15, -0.1) is 11.3 Å². The number of thiophene rings is 1. The zero-order valence-electron chi connectivity index (χ0n) is 17.8. The van der Waals surface area contributed by atoms with Gasteiger partial charge in [0, 0.05) is 10.8 Å². The molecule has 0 amide bonds. The minimum absolute atomic E-state index is 0.0277. The molecule has 0 bridgehead atoms. The minimum atomic E-state index is -8.73. The summed E-state index contributed by atoms with van der Waals surface area (Å²) < 4.78 is 239. The van der Waals surface area contributed by atoms with Crippen LogP contribution in [0.15, 0.2) is 10.8 Å². The van der Waals surface area contributed by atoms with Crippen molar-refractivity contribution < 1.29 is 93.6 Å². The molecule has 0 aromatic carbocycles. The molecule has 2 rings (SSSR count). The van der Waals surface area contributed by atoms with E-state index in [0.717, 1.165) is 11.3 Å². The first kappa shape index (κ1) is 32.8. The van der Waals surface area contributed by atoms with E-state index in [1.54, 1.807) is 0 Å². The molecule has 1 aliphatic heterocycles. The third-order valence-corrected chi connectivity index (χ3v) is 5.60. The number of ether oxygens (including phenoxy) is 3. The minimum Gasteiger partial charge on any atom is -0.485 e. The van der Waals surface area contributed by atoms with Gasteiger partial charge >= 0.3 is 53.6 Å². The molecule has 0 spiro atoms. The summed E-state index contributed by atoms with van der Waals surface area (Å²) in [5, 5.41) is 2.74. The molecule has 4 nitrogen and oxygen atoms in total. The number of alkyl halides is 17. The maximum atomic E-state index is 13.8. The van der Waals surface area contributed by atoms with Crippen molar-refractivity contribution in [2.75, 3.05) is 13.2 Å². The van der Waals surface area contributed by atoms with E-state index in [9.17, 15) is 79.4 Å². The van der Waals surface area contributed by atoms with Crippen LogP contribution in [0.4, 0.5) is 74.6 Å². The average Bonchev–Trinajstić information content (AvgIpc) is 3.23. The van der Waals surface area contributed by atoms with Gasteiger partial charge in [-0.05, 0) is 0 Å². The van der Waals surface area contributed by atoms with Crippen LogP contribution in [0, 0.1) is 0 Å². The number of hydrogen-bond donors (Lipinski definition) is 0. The molecular weight excluding hydrogens is 623 g/mol. The molecule has 0 saturated carbocycles. The Hall–Kier alpha value is -2.42. The van der Waals surface area contributed by atoms with Gasteiger partial charge in [-0.25, -0.2) is 0 Å². The Labute approximate surface area is 207 Å². The largest absolute Gasteiger partial charge is 0.485 e. The molecule has 0 radical (unpaired) electrons. The highest BCUT2D eigenvalue weighted by atomic mass is 32.1.